The van der Waals surface area contributed by atoms with Gasteiger partial charge in [-0.05, 0) is 6.92 Å². The van der Waals surface area contributed by atoms with Gasteiger partial charge in [0.15, 0.2) is 12.4 Å². The molecule has 0 aromatic heterocycles. The van der Waals surface area contributed by atoms with Crippen molar-refractivity contribution in [3.05, 3.63) is 0 Å². The third-order valence-corrected chi connectivity index (χ3v) is 6.23. The van der Waals surface area contributed by atoms with Crippen LogP contribution in [0.5, 0.6) is 0 Å². The molecule has 230 valence electrons. The molecule has 1 heterocycles. The standard InChI is InChI=1S/C13H24N2O20S4/c1-3-15(9(17)6-31-36(18,19)20)5-8(16)14-4-7-10(33-37(21,22)23)11(34-38(24,25)26)12(13(30-2)32-7)35-39(27,28)29/h7,10-13H,3-6H2,1-2H3,(H,14,16)(H,18,19,20)(H,21,22,23)(H,24,25,26)(H,27,28,29)/t7-,10-,11+,12+,13+/m1/s1. The Morgan fingerprint density at radius 1 is 0.821 bits per heavy atom. The van der Waals surface area contributed by atoms with Gasteiger partial charge < -0.3 is 19.7 Å². The van der Waals surface area contributed by atoms with Gasteiger partial charge in [-0.1, -0.05) is 0 Å². The zero-order valence-electron chi connectivity index (χ0n) is 19.6. The predicted molar refractivity (Wildman–Crippen MR) is 118 cm³/mol. The Bertz CT molecular complexity index is 1290. The number of ether oxygens (including phenoxy) is 2. The van der Waals surface area contributed by atoms with Gasteiger partial charge in [0.2, 0.25) is 5.91 Å². The molecule has 1 aliphatic rings. The maximum absolute atomic E-state index is 12.4. The van der Waals surface area contributed by atoms with Crippen LogP contribution in [0.25, 0.3) is 0 Å². The van der Waals surface area contributed by atoms with E-state index in [-0.39, 0.29) is 6.54 Å². The average Bonchev–Trinajstić information content (AvgIpc) is 2.74. The number of nitrogens with one attached hydrogen (secondary N) is 1. The van der Waals surface area contributed by atoms with Gasteiger partial charge >= 0.3 is 41.6 Å². The van der Waals surface area contributed by atoms with E-state index in [0.717, 1.165) is 12.0 Å². The minimum Gasteiger partial charge on any atom is -0.353 e. The highest BCUT2D eigenvalue weighted by molar-refractivity contribution is 7.81. The van der Waals surface area contributed by atoms with E-state index in [1.807, 2.05) is 0 Å². The summed E-state index contributed by atoms with van der Waals surface area (Å²) < 4.78 is 152. The van der Waals surface area contributed by atoms with Crippen molar-refractivity contribution in [2.24, 2.45) is 0 Å². The average molecular weight is 657 g/mol. The Morgan fingerprint density at radius 3 is 1.74 bits per heavy atom. The topological polar surface area (TPSA) is 322 Å². The summed E-state index contributed by atoms with van der Waals surface area (Å²) in [5, 5.41) is 2.10. The number of carbonyl (C=O) groups is 2. The van der Waals surface area contributed by atoms with Crippen LogP contribution in [-0.2, 0) is 77.4 Å². The smallest absolute Gasteiger partial charge is 0.353 e. The zero-order chi connectivity index (χ0) is 30.4. The molecule has 1 rings (SSSR count). The summed E-state index contributed by atoms with van der Waals surface area (Å²) in [4.78, 5) is 25.1. The van der Waals surface area contributed by atoms with Crippen molar-refractivity contribution in [2.45, 2.75) is 37.6 Å². The predicted octanol–water partition coefficient (Wildman–Crippen LogP) is -4.29. The van der Waals surface area contributed by atoms with Crippen LogP contribution in [0.3, 0.4) is 0 Å². The lowest BCUT2D eigenvalue weighted by Gasteiger charge is -2.43. The fraction of sp³-hybridized carbons (Fsp3) is 0.846. The Morgan fingerprint density at radius 2 is 1.31 bits per heavy atom. The molecule has 0 aromatic rings. The van der Waals surface area contributed by atoms with Crippen LogP contribution in [0.2, 0.25) is 0 Å². The van der Waals surface area contributed by atoms with Crippen LogP contribution in [-0.4, -0.2) is 133 Å². The number of carbonyl (C=O) groups excluding carboxylic acids is 2. The molecule has 0 aliphatic carbocycles. The Hall–Kier alpha value is -1.66. The van der Waals surface area contributed by atoms with E-state index in [4.69, 9.17) is 27.7 Å². The van der Waals surface area contributed by atoms with E-state index in [0.29, 0.717) is 0 Å². The van der Waals surface area contributed by atoms with Gasteiger partial charge in [0, 0.05) is 20.2 Å². The van der Waals surface area contributed by atoms with Crippen molar-refractivity contribution in [3.63, 3.8) is 0 Å². The van der Waals surface area contributed by atoms with Crippen LogP contribution in [0, 0.1) is 0 Å². The van der Waals surface area contributed by atoms with Gasteiger partial charge in [-0.3, -0.25) is 27.8 Å². The molecule has 0 aromatic carbocycles. The zero-order valence-corrected chi connectivity index (χ0v) is 22.9. The number of methoxy groups -OCH3 is 1. The second kappa shape index (κ2) is 13.8. The van der Waals surface area contributed by atoms with E-state index in [1.165, 1.54) is 6.92 Å². The fourth-order valence-electron chi connectivity index (χ4n) is 3.02. The van der Waals surface area contributed by atoms with Crippen LogP contribution in [0.15, 0.2) is 0 Å². The van der Waals surface area contributed by atoms with Gasteiger partial charge in [0.25, 0.3) is 5.91 Å². The summed E-state index contributed by atoms with van der Waals surface area (Å²) in [6.45, 7) is -1.63. The van der Waals surface area contributed by atoms with Crippen molar-refractivity contribution in [2.75, 3.05) is 33.4 Å². The quantitative estimate of drug-likeness (QED) is 0.104. The summed E-state index contributed by atoms with van der Waals surface area (Å²) in [5.74, 6) is -2.11. The van der Waals surface area contributed by atoms with Crippen LogP contribution in [0.1, 0.15) is 6.92 Å². The molecule has 0 saturated carbocycles. The Kier molecular flexibility index (Phi) is 12.5. The van der Waals surface area contributed by atoms with Gasteiger partial charge in [-0.25, -0.2) is 16.7 Å². The van der Waals surface area contributed by atoms with Crippen molar-refractivity contribution in [3.8, 4) is 0 Å². The third-order valence-electron chi connectivity index (χ3n) is 4.42. The number of amides is 2. The van der Waals surface area contributed by atoms with E-state index in [1.54, 1.807) is 0 Å². The van der Waals surface area contributed by atoms with E-state index in [2.05, 4.69) is 22.0 Å². The van der Waals surface area contributed by atoms with E-state index < -0.39 is 104 Å². The first kappa shape index (κ1) is 35.4. The Balaban J connectivity index is 3.22. The number of nitrogens with zero attached hydrogens (tertiary/aromatic N) is 1. The normalized spacial score (nSPS) is 24.7. The molecular formula is C13H24N2O20S4. The second-order valence-corrected chi connectivity index (χ2v) is 11.4. The lowest BCUT2D eigenvalue weighted by atomic mass is 9.99. The van der Waals surface area contributed by atoms with Crippen LogP contribution >= 0.6 is 0 Å². The van der Waals surface area contributed by atoms with Crippen molar-refractivity contribution < 1.29 is 87.7 Å². The first-order valence-electron chi connectivity index (χ1n) is 9.87. The molecule has 0 unspecified atom stereocenters. The number of rotatable bonds is 15. The molecule has 0 bridgehead atoms. The molecule has 0 radical (unpaired) electrons. The van der Waals surface area contributed by atoms with Crippen molar-refractivity contribution in [1.82, 2.24) is 10.2 Å². The maximum Gasteiger partial charge on any atom is 0.397 e. The SMILES string of the molecule is CCN(CC(=O)NC[C@H]1O[C@H](OC)[C@@H](OS(=O)(=O)O)[C@@H](OS(=O)(=O)O)[C@@H]1OS(=O)(=O)O)C(=O)COS(=O)(=O)O. The van der Waals surface area contributed by atoms with Crippen molar-refractivity contribution >= 4 is 53.4 Å². The molecule has 22 nitrogen and oxygen atoms in total. The molecule has 1 aliphatic heterocycles. The summed E-state index contributed by atoms with van der Waals surface area (Å²) in [7, 11) is -20.7. The minimum atomic E-state index is -5.56. The molecule has 5 N–H and O–H groups in total. The molecule has 0 spiro atoms. The summed E-state index contributed by atoms with van der Waals surface area (Å²) in [6.07, 6.45) is -11.3. The Labute approximate surface area is 222 Å². The maximum atomic E-state index is 12.4. The summed E-state index contributed by atoms with van der Waals surface area (Å²) >= 11 is 0. The minimum absolute atomic E-state index is 0.180. The summed E-state index contributed by atoms with van der Waals surface area (Å²) in [5.41, 5.74) is 0. The van der Waals surface area contributed by atoms with Crippen molar-refractivity contribution in [1.29, 1.82) is 0 Å². The fourth-order valence-corrected chi connectivity index (χ4v) is 4.76. The molecule has 1 saturated heterocycles. The van der Waals surface area contributed by atoms with E-state index in [9.17, 15) is 43.3 Å². The first-order chi connectivity index (χ1) is 17.5. The lowest BCUT2D eigenvalue weighted by Crippen LogP contribution is -2.64. The number of likely N-dealkylation sites (N-methyl/N-ethyl adjacent to an activating group) is 1. The van der Waals surface area contributed by atoms with Crippen LogP contribution < -0.4 is 5.32 Å². The molecule has 1 fully saturated rings. The molecule has 5 atom stereocenters. The molecular weight excluding hydrogens is 632 g/mol. The highest BCUT2D eigenvalue weighted by Gasteiger charge is 2.53. The monoisotopic (exact) mass is 656 g/mol. The largest absolute Gasteiger partial charge is 0.397 e. The van der Waals surface area contributed by atoms with Gasteiger partial charge in [0.1, 0.15) is 24.9 Å². The first-order valence-corrected chi connectivity index (χ1v) is 15.3. The third kappa shape index (κ3) is 13.5. The molecule has 26 heteroatoms. The highest BCUT2D eigenvalue weighted by Crippen LogP contribution is 2.31. The lowest BCUT2D eigenvalue weighted by molar-refractivity contribution is -0.273. The molecule has 2 amide bonds. The van der Waals surface area contributed by atoms with Gasteiger partial charge in [-0.15, -0.1) is 0 Å². The number of hydrogen-bond acceptors (Lipinski definition) is 16. The van der Waals surface area contributed by atoms with Gasteiger partial charge in [-0.2, -0.15) is 33.7 Å². The summed E-state index contributed by atoms with van der Waals surface area (Å²) in [6, 6.07) is 0. The highest BCUT2D eigenvalue weighted by atomic mass is 32.3. The number of hydrogen-bond donors (Lipinski definition) is 5. The molecule has 39 heavy (non-hydrogen) atoms. The van der Waals surface area contributed by atoms with E-state index >= 15 is 0 Å². The van der Waals surface area contributed by atoms with Gasteiger partial charge in [0.05, 0.1) is 6.54 Å². The second-order valence-electron chi connectivity index (χ2n) is 7.15. The van der Waals surface area contributed by atoms with Crippen LogP contribution in [0.4, 0.5) is 0 Å².